The minimum atomic E-state index is -1.00. The van der Waals surface area contributed by atoms with Crippen LogP contribution >= 0.6 is 0 Å². The average molecular weight is 607 g/mol. The van der Waals surface area contributed by atoms with Crippen LogP contribution in [0.15, 0.2) is 36.9 Å². The van der Waals surface area contributed by atoms with Gasteiger partial charge in [-0.1, -0.05) is 57.5 Å². The Hall–Kier alpha value is -3.69. The van der Waals surface area contributed by atoms with Crippen LogP contribution in [0.3, 0.4) is 0 Å². The molecule has 0 spiro atoms. The second-order valence-electron chi connectivity index (χ2n) is 13.5. The molecule has 10 nitrogen and oxygen atoms in total. The van der Waals surface area contributed by atoms with E-state index in [0.717, 1.165) is 36.8 Å². The number of Topliss-reactive ketones (excluding diaryl/α,β-unsaturated/α-hetero) is 1. The number of hydrogen-bond acceptors (Lipinski definition) is 6. The highest BCUT2D eigenvalue weighted by atomic mass is 16.6. The molecule has 0 bridgehead atoms. The van der Waals surface area contributed by atoms with Crippen LogP contribution in [0.2, 0.25) is 0 Å². The minimum Gasteiger partial charge on any atom is -0.446 e. The first-order valence-electron chi connectivity index (χ1n) is 16.1. The second kappa shape index (κ2) is 13.1. The quantitative estimate of drug-likeness (QED) is 0.247. The molecule has 0 aromatic heterocycles. The molecule has 1 aromatic rings. The maximum Gasteiger partial charge on any atom is 0.408 e. The average Bonchev–Trinajstić information content (AvgIpc) is 3.57. The number of rotatable bonds is 12. The maximum absolute atomic E-state index is 14.5. The van der Waals surface area contributed by atoms with Gasteiger partial charge in [-0.3, -0.25) is 19.2 Å². The summed E-state index contributed by atoms with van der Waals surface area (Å²) >= 11 is 0. The molecule has 3 fully saturated rings. The number of ketones is 1. The van der Waals surface area contributed by atoms with E-state index in [0.29, 0.717) is 32.2 Å². The van der Waals surface area contributed by atoms with Gasteiger partial charge in [0.05, 0.1) is 6.04 Å². The van der Waals surface area contributed by atoms with E-state index >= 15 is 0 Å². The molecule has 1 aliphatic heterocycles. The summed E-state index contributed by atoms with van der Waals surface area (Å²) in [6.45, 7) is 10.1. The van der Waals surface area contributed by atoms with Gasteiger partial charge in [0.2, 0.25) is 17.6 Å². The van der Waals surface area contributed by atoms with Crippen LogP contribution in [0, 0.1) is 23.2 Å². The van der Waals surface area contributed by atoms with Gasteiger partial charge in [0.15, 0.2) is 0 Å². The van der Waals surface area contributed by atoms with E-state index in [1.165, 1.54) is 6.08 Å². The number of alkyl carbamates (subject to hydrolysis) is 1. The summed E-state index contributed by atoms with van der Waals surface area (Å²) < 4.78 is 5.70. The second-order valence-corrected chi connectivity index (χ2v) is 13.5. The van der Waals surface area contributed by atoms with Crippen LogP contribution in [0.1, 0.15) is 70.4 Å². The molecule has 4 amide bonds. The van der Waals surface area contributed by atoms with E-state index in [2.05, 4.69) is 36.4 Å². The van der Waals surface area contributed by atoms with Gasteiger partial charge >= 0.3 is 6.09 Å². The van der Waals surface area contributed by atoms with Gasteiger partial charge < -0.3 is 25.6 Å². The van der Waals surface area contributed by atoms with Crippen LogP contribution < -0.4 is 16.0 Å². The third-order valence-corrected chi connectivity index (χ3v) is 10.3. The van der Waals surface area contributed by atoms with Gasteiger partial charge in [0.25, 0.3) is 5.91 Å². The molecule has 5 rings (SSSR count). The number of nitrogens with one attached hydrogen (secondary N) is 3. The lowest BCUT2D eigenvalue weighted by atomic mass is 9.93. The number of nitrogens with zero attached hydrogens (tertiary/aromatic N) is 1. The van der Waals surface area contributed by atoms with Crippen molar-refractivity contribution in [1.82, 2.24) is 20.9 Å². The largest absolute Gasteiger partial charge is 0.446 e. The highest BCUT2D eigenvalue weighted by molar-refractivity contribution is 6.38. The zero-order chi connectivity index (χ0) is 31.6. The van der Waals surface area contributed by atoms with Crippen LogP contribution in [0.5, 0.6) is 0 Å². The van der Waals surface area contributed by atoms with Gasteiger partial charge in [-0.15, -0.1) is 6.58 Å². The summed E-state index contributed by atoms with van der Waals surface area (Å²) in [7, 11) is 0. The number of carbonyl (C=O) groups is 5. The Morgan fingerprint density at radius 2 is 1.73 bits per heavy atom. The molecule has 5 unspecified atom stereocenters. The Labute approximate surface area is 259 Å². The number of carbonyl (C=O) groups excluding carboxylic acids is 5. The van der Waals surface area contributed by atoms with Crippen molar-refractivity contribution in [2.75, 3.05) is 13.1 Å². The fourth-order valence-electron chi connectivity index (χ4n) is 7.75. The van der Waals surface area contributed by atoms with Crippen molar-refractivity contribution in [3.63, 3.8) is 0 Å². The van der Waals surface area contributed by atoms with Crippen LogP contribution in [-0.4, -0.2) is 71.8 Å². The number of amides is 4. The van der Waals surface area contributed by atoms with Crippen molar-refractivity contribution in [1.29, 1.82) is 0 Å². The Kier molecular flexibility index (Phi) is 9.46. The highest BCUT2D eigenvalue weighted by Crippen LogP contribution is 2.65. The first-order valence-corrected chi connectivity index (χ1v) is 16.1. The molecule has 44 heavy (non-hydrogen) atoms. The SMILES string of the molecule is C=CCNC(=O)C(=O)C(CCC)NC(=O)C1C2C(CN1C(=O)C(NC(=O)OC1CCCC1)C1Cc3ccccc3C1)C2(C)C. The lowest BCUT2D eigenvalue weighted by Gasteiger charge is -2.35. The molecular formula is C34H46N4O6. The Morgan fingerprint density at radius 1 is 1.07 bits per heavy atom. The van der Waals surface area contributed by atoms with Crippen molar-refractivity contribution in [3.05, 3.63) is 48.0 Å². The number of likely N-dealkylation sites (tertiary alicyclic amines) is 1. The van der Waals surface area contributed by atoms with E-state index in [9.17, 15) is 24.0 Å². The zero-order valence-corrected chi connectivity index (χ0v) is 26.1. The van der Waals surface area contributed by atoms with Crippen molar-refractivity contribution >= 4 is 29.6 Å². The minimum absolute atomic E-state index is 0.0923. The number of fused-ring (bicyclic) bond motifs is 2. The molecule has 4 aliphatic rings. The normalized spacial score (nSPS) is 24.9. The predicted molar refractivity (Wildman–Crippen MR) is 164 cm³/mol. The summed E-state index contributed by atoms with van der Waals surface area (Å²) in [6, 6.07) is 5.36. The molecule has 2 saturated carbocycles. The van der Waals surface area contributed by atoms with Crippen molar-refractivity contribution < 1.29 is 28.7 Å². The van der Waals surface area contributed by atoms with Crippen molar-refractivity contribution in [3.8, 4) is 0 Å². The Bertz CT molecular complexity index is 1280. The molecule has 10 heteroatoms. The van der Waals surface area contributed by atoms with E-state index < -0.39 is 41.8 Å². The molecule has 1 saturated heterocycles. The highest BCUT2D eigenvalue weighted by Gasteiger charge is 2.69. The van der Waals surface area contributed by atoms with E-state index in [1.54, 1.807) is 4.90 Å². The van der Waals surface area contributed by atoms with E-state index in [-0.39, 0.29) is 41.7 Å². The Balaban J connectivity index is 1.36. The summed E-state index contributed by atoms with van der Waals surface area (Å²) in [5.74, 6) is -2.41. The van der Waals surface area contributed by atoms with Crippen LogP contribution in [0.4, 0.5) is 4.79 Å². The van der Waals surface area contributed by atoms with Crippen molar-refractivity contribution in [2.45, 2.75) is 96.4 Å². The number of benzene rings is 1. The van der Waals surface area contributed by atoms with Crippen LogP contribution in [0.25, 0.3) is 0 Å². The molecule has 3 aliphatic carbocycles. The van der Waals surface area contributed by atoms with Gasteiger partial charge in [-0.05, 0) is 79.2 Å². The number of ether oxygens (including phenoxy) is 1. The lowest BCUT2D eigenvalue weighted by Crippen LogP contribution is -2.59. The lowest BCUT2D eigenvalue weighted by molar-refractivity contribution is -0.144. The van der Waals surface area contributed by atoms with E-state index in [1.807, 2.05) is 31.2 Å². The van der Waals surface area contributed by atoms with Gasteiger partial charge in [-0.25, -0.2) is 4.79 Å². The Morgan fingerprint density at radius 3 is 2.34 bits per heavy atom. The monoisotopic (exact) mass is 606 g/mol. The summed E-state index contributed by atoms with van der Waals surface area (Å²) in [4.78, 5) is 68.6. The smallest absolute Gasteiger partial charge is 0.408 e. The van der Waals surface area contributed by atoms with Gasteiger partial charge in [0.1, 0.15) is 18.2 Å². The molecule has 1 aromatic carbocycles. The molecule has 3 N–H and O–H groups in total. The first-order chi connectivity index (χ1) is 21.1. The van der Waals surface area contributed by atoms with E-state index in [4.69, 9.17) is 4.74 Å². The summed E-state index contributed by atoms with van der Waals surface area (Å²) in [5, 5.41) is 8.24. The summed E-state index contributed by atoms with van der Waals surface area (Å²) in [5.41, 5.74) is 2.14. The fourth-order valence-corrected chi connectivity index (χ4v) is 7.75. The summed E-state index contributed by atoms with van der Waals surface area (Å²) in [6.07, 6.45) is 6.52. The molecule has 5 atom stereocenters. The molecule has 1 heterocycles. The predicted octanol–water partition coefficient (Wildman–Crippen LogP) is 3.08. The topological polar surface area (TPSA) is 134 Å². The molecular weight excluding hydrogens is 560 g/mol. The first kappa shape index (κ1) is 31.7. The number of piperidine rings is 1. The standard InChI is InChI=1S/C34H46N4O6/c1-5-11-25(29(39)31(41)35-16-6-2)36-30(40)28-26-24(34(26,3)4)19-38(28)32(42)27(37-33(43)44-23-14-9-10-15-23)22-17-20-12-7-8-13-21(20)18-22/h6-8,12-13,22-28H,2,5,9-11,14-19H2,1,3-4H3,(H,35,41)(H,36,40)(H,37,43). The third-order valence-electron chi connectivity index (χ3n) is 10.3. The molecule has 238 valence electrons. The fraction of sp³-hybridized carbons (Fsp3) is 0.618. The maximum atomic E-state index is 14.5. The van der Waals surface area contributed by atoms with Gasteiger partial charge in [-0.2, -0.15) is 0 Å². The van der Waals surface area contributed by atoms with Crippen molar-refractivity contribution in [2.24, 2.45) is 23.2 Å². The third kappa shape index (κ3) is 6.40. The van der Waals surface area contributed by atoms with Crippen LogP contribution in [-0.2, 0) is 36.8 Å². The zero-order valence-electron chi connectivity index (χ0n) is 26.1. The molecule has 0 radical (unpaired) electrons. The van der Waals surface area contributed by atoms with Gasteiger partial charge in [0, 0.05) is 13.1 Å². The number of hydrogen-bond donors (Lipinski definition) is 3.